The smallest absolute Gasteiger partial charge is 0.269 e. The second kappa shape index (κ2) is 7.95. The molecular weight excluding hydrogens is 331 g/mol. The van der Waals surface area contributed by atoms with Gasteiger partial charge in [-0.15, -0.1) is 0 Å². The average Bonchev–Trinajstić information content (AvgIpc) is 2.67. The lowest BCUT2D eigenvalue weighted by Gasteiger charge is -2.30. The molecule has 3 rings (SSSR count). The van der Waals surface area contributed by atoms with Gasteiger partial charge >= 0.3 is 0 Å². The topological polar surface area (TPSA) is 58.2 Å². The highest BCUT2D eigenvalue weighted by Gasteiger charge is 2.32. The lowest BCUT2D eigenvalue weighted by atomic mass is 9.75. The Morgan fingerprint density at radius 2 is 1.69 bits per heavy atom. The molecule has 1 aliphatic carbocycles. The zero-order valence-electron chi connectivity index (χ0n) is 14.5. The lowest BCUT2D eigenvalue weighted by Crippen LogP contribution is -2.46. The molecular formula is C21H21FN2O2. The molecule has 2 aromatic rings. The molecule has 26 heavy (non-hydrogen) atoms. The van der Waals surface area contributed by atoms with Crippen molar-refractivity contribution in [2.75, 3.05) is 0 Å². The summed E-state index contributed by atoms with van der Waals surface area (Å²) in [6.45, 7) is 2.03. The van der Waals surface area contributed by atoms with Gasteiger partial charge in [0, 0.05) is 5.56 Å². The van der Waals surface area contributed by atoms with E-state index in [9.17, 15) is 14.0 Å². The van der Waals surface area contributed by atoms with Crippen molar-refractivity contribution in [1.29, 1.82) is 0 Å². The number of benzene rings is 2. The number of nitrogens with one attached hydrogen (secondary N) is 2. The molecule has 2 atom stereocenters. The Hall–Kier alpha value is -2.95. The number of hydrogen-bond donors (Lipinski definition) is 2. The van der Waals surface area contributed by atoms with Gasteiger partial charge in [0.05, 0.1) is 5.92 Å². The van der Waals surface area contributed by atoms with Crippen LogP contribution in [0.5, 0.6) is 0 Å². The fourth-order valence-electron chi connectivity index (χ4n) is 3.29. The number of hydrazine groups is 1. The van der Waals surface area contributed by atoms with E-state index >= 15 is 0 Å². The second-order valence-corrected chi connectivity index (χ2v) is 6.56. The highest BCUT2D eigenvalue weighted by Crippen LogP contribution is 2.37. The van der Waals surface area contributed by atoms with Crippen molar-refractivity contribution < 1.29 is 14.0 Å². The Morgan fingerprint density at radius 3 is 2.38 bits per heavy atom. The van der Waals surface area contributed by atoms with Gasteiger partial charge in [0.2, 0.25) is 5.91 Å². The first-order valence-electron chi connectivity index (χ1n) is 8.61. The van der Waals surface area contributed by atoms with Gasteiger partial charge in [0.25, 0.3) is 5.91 Å². The molecule has 5 heteroatoms. The van der Waals surface area contributed by atoms with E-state index in [-0.39, 0.29) is 29.5 Å². The first kappa shape index (κ1) is 17.9. The molecule has 0 unspecified atom stereocenters. The van der Waals surface area contributed by atoms with E-state index in [1.54, 1.807) is 36.4 Å². The summed E-state index contributed by atoms with van der Waals surface area (Å²) in [7, 11) is 0. The summed E-state index contributed by atoms with van der Waals surface area (Å²) < 4.78 is 13.2. The Bertz CT molecular complexity index is 816. The molecule has 2 amide bonds. The fraction of sp³-hybridized carbons (Fsp3) is 0.238. The summed E-state index contributed by atoms with van der Waals surface area (Å²) in [4.78, 5) is 24.8. The number of amides is 2. The molecule has 1 aliphatic rings. The zero-order valence-corrected chi connectivity index (χ0v) is 14.5. The second-order valence-electron chi connectivity index (χ2n) is 6.56. The summed E-state index contributed by atoms with van der Waals surface area (Å²) in [5, 5.41) is 0. The third-order valence-corrected chi connectivity index (χ3v) is 4.72. The normalized spacial score (nSPS) is 19.4. The first-order valence-corrected chi connectivity index (χ1v) is 8.61. The number of carbonyl (C=O) groups is 2. The molecule has 0 spiro atoms. The van der Waals surface area contributed by atoms with Crippen LogP contribution in [-0.2, 0) is 4.79 Å². The summed E-state index contributed by atoms with van der Waals surface area (Å²) in [6.07, 6.45) is 3.36. The maximum Gasteiger partial charge on any atom is 0.269 e. The molecule has 0 saturated carbocycles. The molecule has 0 bridgehead atoms. The van der Waals surface area contributed by atoms with Crippen molar-refractivity contribution in [2.45, 2.75) is 25.7 Å². The highest BCUT2D eigenvalue weighted by atomic mass is 19.1. The van der Waals surface area contributed by atoms with E-state index in [0.717, 1.165) is 12.0 Å². The van der Waals surface area contributed by atoms with Crippen LogP contribution in [0.3, 0.4) is 0 Å². The monoisotopic (exact) mass is 352 g/mol. The Balaban J connectivity index is 1.69. The van der Waals surface area contributed by atoms with Gasteiger partial charge in [-0.1, -0.05) is 42.0 Å². The number of carbonyl (C=O) groups excluding carboxylic acids is 2. The minimum absolute atomic E-state index is 0.0470. The first-order chi connectivity index (χ1) is 12.5. The summed E-state index contributed by atoms with van der Waals surface area (Å²) in [5.41, 5.74) is 7.61. The molecule has 2 aromatic carbocycles. The van der Waals surface area contributed by atoms with Gasteiger partial charge in [-0.3, -0.25) is 20.4 Å². The van der Waals surface area contributed by atoms with Gasteiger partial charge in [0.15, 0.2) is 0 Å². The van der Waals surface area contributed by atoms with Crippen LogP contribution in [0.25, 0.3) is 0 Å². The van der Waals surface area contributed by atoms with Gasteiger partial charge < -0.3 is 0 Å². The Labute approximate surface area is 152 Å². The van der Waals surface area contributed by atoms with E-state index in [2.05, 4.69) is 10.9 Å². The van der Waals surface area contributed by atoms with E-state index in [1.807, 2.05) is 19.1 Å². The molecule has 4 nitrogen and oxygen atoms in total. The SMILES string of the molecule is CC1=CC[C@@H](C(=O)NNC(=O)c2ccccc2)[C@H](c2ccc(F)cc2)C1. The lowest BCUT2D eigenvalue weighted by molar-refractivity contribution is -0.126. The van der Waals surface area contributed by atoms with Crippen LogP contribution >= 0.6 is 0 Å². The Kier molecular flexibility index (Phi) is 5.46. The quantitative estimate of drug-likeness (QED) is 0.653. The van der Waals surface area contributed by atoms with Crippen molar-refractivity contribution in [3.8, 4) is 0 Å². The third kappa shape index (κ3) is 4.17. The maximum atomic E-state index is 13.2. The molecule has 0 fully saturated rings. The van der Waals surface area contributed by atoms with Crippen LogP contribution in [0.1, 0.15) is 41.6 Å². The van der Waals surface area contributed by atoms with E-state index in [4.69, 9.17) is 0 Å². The van der Waals surface area contributed by atoms with Crippen molar-refractivity contribution in [1.82, 2.24) is 10.9 Å². The van der Waals surface area contributed by atoms with E-state index in [1.165, 1.54) is 17.7 Å². The largest absolute Gasteiger partial charge is 0.273 e. The maximum absolute atomic E-state index is 13.2. The van der Waals surface area contributed by atoms with Crippen LogP contribution in [0.4, 0.5) is 4.39 Å². The van der Waals surface area contributed by atoms with Crippen LogP contribution in [0, 0.1) is 11.7 Å². The average molecular weight is 352 g/mol. The van der Waals surface area contributed by atoms with E-state index in [0.29, 0.717) is 12.0 Å². The third-order valence-electron chi connectivity index (χ3n) is 4.72. The Morgan fingerprint density at radius 1 is 1.00 bits per heavy atom. The molecule has 0 radical (unpaired) electrons. The fourth-order valence-corrected chi connectivity index (χ4v) is 3.29. The molecule has 0 heterocycles. The minimum atomic E-state index is -0.361. The van der Waals surface area contributed by atoms with Crippen LogP contribution in [0.2, 0.25) is 0 Å². The van der Waals surface area contributed by atoms with Crippen molar-refractivity contribution in [2.24, 2.45) is 5.92 Å². The highest BCUT2D eigenvalue weighted by molar-refractivity contribution is 5.95. The summed E-state index contributed by atoms with van der Waals surface area (Å²) >= 11 is 0. The number of hydrogen-bond acceptors (Lipinski definition) is 2. The molecule has 0 saturated heterocycles. The molecule has 0 aromatic heterocycles. The van der Waals surface area contributed by atoms with Crippen molar-refractivity contribution in [3.63, 3.8) is 0 Å². The number of halogens is 1. The number of rotatable bonds is 3. The molecule has 2 N–H and O–H groups in total. The van der Waals surface area contributed by atoms with Gasteiger partial charge in [0.1, 0.15) is 5.82 Å². The standard InChI is InChI=1S/C21H21FN2O2/c1-14-7-12-18(19(13-14)15-8-10-17(22)11-9-15)21(26)24-23-20(25)16-5-3-2-4-6-16/h2-11,18-19H,12-13H2,1H3,(H,23,25)(H,24,26)/t18-,19+/m1/s1. The zero-order chi connectivity index (χ0) is 18.5. The van der Waals surface area contributed by atoms with Crippen molar-refractivity contribution >= 4 is 11.8 Å². The predicted molar refractivity (Wildman–Crippen MR) is 97.7 cm³/mol. The number of allylic oxidation sites excluding steroid dienone is 2. The van der Waals surface area contributed by atoms with Gasteiger partial charge in [-0.05, 0) is 55.5 Å². The molecule has 0 aliphatic heterocycles. The summed E-state index contributed by atoms with van der Waals surface area (Å²) in [5.74, 6) is -1.27. The van der Waals surface area contributed by atoms with Gasteiger partial charge in [-0.25, -0.2) is 4.39 Å². The van der Waals surface area contributed by atoms with E-state index < -0.39 is 0 Å². The minimum Gasteiger partial charge on any atom is -0.273 e. The van der Waals surface area contributed by atoms with Crippen LogP contribution in [0.15, 0.2) is 66.2 Å². The molecule has 134 valence electrons. The van der Waals surface area contributed by atoms with Crippen LogP contribution in [-0.4, -0.2) is 11.8 Å². The predicted octanol–water partition coefficient (Wildman–Crippen LogP) is 3.73. The van der Waals surface area contributed by atoms with Gasteiger partial charge in [-0.2, -0.15) is 0 Å². The summed E-state index contributed by atoms with van der Waals surface area (Å²) in [6, 6.07) is 15.0. The van der Waals surface area contributed by atoms with Crippen molar-refractivity contribution in [3.05, 3.63) is 83.2 Å². The van der Waals surface area contributed by atoms with Crippen LogP contribution < -0.4 is 10.9 Å².